The Morgan fingerprint density at radius 2 is 0.810 bits per heavy atom. The zero-order chi connectivity index (χ0) is 10.3. The van der Waals surface area contributed by atoms with Gasteiger partial charge in [-0.3, -0.25) is 0 Å². The molecule has 21 heavy (non-hydrogen) atoms. The van der Waals surface area contributed by atoms with Crippen molar-refractivity contribution in [1.29, 1.82) is 0 Å². The van der Waals surface area contributed by atoms with Gasteiger partial charge in [-0.1, -0.05) is 38.5 Å². The number of aliphatic imine (C=N–C) groups is 2. The van der Waals surface area contributed by atoms with Crippen molar-refractivity contribution in [3.8, 4) is 0 Å². The Bertz CT molecular complexity index is 229. The van der Waals surface area contributed by atoms with E-state index >= 15 is 0 Å². The SMILES string of the molecule is C(=NC1CCCCC1)=NC1CCCCC1.Cl.Cl.Cl.Cl.Cl.P. The monoisotopic (exact) mass is 420 g/mol. The van der Waals surface area contributed by atoms with Crippen molar-refractivity contribution in [3.63, 3.8) is 0 Å². The molecule has 0 aromatic heterocycles. The van der Waals surface area contributed by atoms with Crippen LogP contribution < -0.4 is 0 Å². The molecular weight excluding hydrogens is 392 g/mol. The fourth-order valence-corrected chi connectivity index (χ4v) is 2.62. The number of nitrogens with zero attached hydrogens (tertiary/aromatic N) is 2. The van der Waals surface area contributed by atoms with Crippen LogP contribution in [-0.2, 0) is 0 Å². The molecule has 0 saturated heterocycles. The Morgan fingerprint density at radius 1 is 0.524 bits per heavy atom. The van der Waals surface area contributed by atoms with Crippen LogP contribution in [0.4, 0.5) is 0 Å². The van der Waals surface area contributed by atoms with Gasteiger partial charge in [0.05, 0.1) is 18.1 Å². The molecular formula is C13H30Cl5N2P. The van der Waals surface area contributed by atoms with Crippen molar-refractivity contribution < 1.29 is 0 Å². The third kappa shape index (κ3) is 14.6. The highest BCUT2D eigenvalue weighted by Gasteiger charge is 2.12. The van der Waals surface area contributed by atoms with Crippen molar-refractivity contribution in [2.45, 2.75) is 76.3 Å². The van der Waals surface area contributed by atoms with Crippen LogP contribution in [-0.4, -0.2) is 18.1 Å². The molecule has 0 N–H and O–H groups in total. The fourth-order valence-electron chi connectivity index (χ4n) is 2.62. The molecule has 2 nitrogen and oxygen atoms in total. The van der Waals surface area contributed by atoms with Crippen LogP contribution in [0.25, 0.3) is 0 Å². The average molecular weight is 423 g/mol. The van der Waals surface area contributed by atoms with Crippen LogP contribution in [0.15, 0.2) is 9.98 Å². The zero-order valence-corrected chi connectivity index (χ0v) is 17.9. The highest BCUT2D eigenvalue weighted by atomic mass is 35.5. The Labute approximate surface area is 163 Å². The van der Waals surface area contributed by atoms with E-state index in [2.05, 4.69) is 16.0 Å². The first-order chi connectivity index (χ1) is 7.45. The number of hydrogen-bond acceptors (Lipinski definition) is 2. The molecule has 0 bridgehead atoms. The Hall–Kier alpha value is 1.26. The van der Waals surface area contributed by atoms with Gasteiger partial charge in [-0.15, -0.1) is 62.0 Å². The van der Waals surface area contributed by atoms with E-state index in [4.69, 9.17) is 0 Å². The van der Waals surface area contributed by atoms with Gasteiger partial charge < -0.3 is 0 Å². The summed E-state index contributed by atoms with van der Waals surface area (Å²) in [5.74, 6) is 0. The second-order valence-electron chi connectivity index (χ2n) is 4.94. The number of rotatable bonds is 2. The van der Waals surface area contributed by atoms with Crippen LogP contribution in [0.3, 0.4) is 0 Å². The standard InChI is InChI=1S/C13H22N2.5ClH.H3P/c1-3-7-12(8-4-1)14-11-15-13-9-5-2-6-10-13;;;;;;/h12-13H,1-10H2;5*1H;1H3. The van der Waals surface area contributed by atoms with Gasteiger partial charge in [0.2, 0.25) is 0 Å². The summed E-state index contributed by atoms with van der Waals surface area (Å²) in [6.45, 7) is 0. The lowest BCUT2D eigenvalue weighted by Gasteiger charge is -2.17. The van der Waals surface area contributed by atoms with E-state index in [1.807, 2.05) is 0 Å². The molecule has 0 radical (unpaired) electrons. The fraction of sp³-hybridized carbons (Fsp3) is 0.923. The largest absolute Gasteiger partial charge is 0.222 e. The lowest BCUT2D eigenvalue weighted by atomic mass is 9.96. The maximum absolute atomic E-state index is 4.46. The van der Waals surface area contributed by atoms with Crippen LogP contribution in [0, 0.1) is 0 Å². The van der Waals surface area contributed by atoms with Crippen molar-refractivity contribution in [2.75, 3.05) is 0 Å². The van der Waals surface area contributed by atoms with Crippen LogP contribution in [0.1, 0.15) is 64.2 Å². The summed E-state index contributed by atoms with van der Waals surface area (Å²) < 4.78 is 0. The lowest BCUT2D eigenvalue weighted by molar-refractivity contribution is 0.438. The van der Waals surface area contributed by atoms with Gasteiger partial charge in [-0.2, -0.15) is 9.90 Å². The molecule has 132 valence electrons. The van der Waals surface area contributed by atoms with Gasteiger partial charge in [0.25, 0.3) is 0 Å². The summed E-state index contributed by atoms with van der Waals surface area (Å²) in [5, 5.41) is 0. The molecule has 1 unspecified atom stereocenters. The first-order valence-corrected chi connectivity index (χ1v) is 6.60. The average Bonchev–Trinajstić information content (AvgIpc) is 2.32. The summed E-state index contributed by atoms with van der Waals surface area (Å²) in [5.41, 5.74) is 0. The molecule has 2 saturated carbocycles. The second kappa shape index (κ2) is 21.3. The zero-order valence-electron chi connectivity index (χ0n) is 12.4. The Morgan fingerprint density at radius 3 is 1.10 bits per heavy atom. The van der Waals surface area contributed by atoms with Crippen LogP contribution in [0.5, 0.6) is 0 Å². The number of halogens is 5. The Balaban J connectivity index is -0.000000142. The smallest absolute Gasteiger partial charge is 0.0898 e. The molecule has 1 atom stereocenters. The summed E-state index contributed by atoms with van der Waals surface area (Å²) in [6, 6.07) is 4.04. The molecule has 2 rings (SSSR count). The van der Waals surface area contributed by atoms with Crippen LogP contribution >= 0.6 is 71.9 Å². The van der Waals surface area contributed by atoms with E-state index in [-0.39, 0.29) is 71.9 Å². The third-order valence-corrected chi connectivity index (χ3v) is 3.63. The highest BCUT2D eigenvalue weighted by molar-refractivity contribution is 6.92. The van der Waals surface area contributed by atoms with Crippen molar-refractivity contribution in [2.24, 2.45) is 9.98 Å². The molecule has 2 aliphatic carbocycles. The first kappa shape index (κ1) is 33.8. The molecule has 0 amide bonds. The molecule has 2 aliphatic rings. The van der Waals surface area contributed by atoms with E-state index in [9.17, 15) is 0 Å². The van der Waals surface area contributed by atoms with Gasteiger partial charge in [0.15, 0.2) is 0 Å². The lowest BCUT2D eigenvalue weighted by Crippen LogP contribution is -2.10. The summed E-state index contributed by atoms with van der Waals surface area (Å²) >= 11 is 0. The predicted octanol–water partition coefficient (Wildman–Crippen LogP) is 5.99. The quantitative estimate of drug-likeness (QED) is 0.386. The van der Waals surface area contributed by atoms with E-state index in [0.717, 1.165) is 0 Å². The van der Waals surface area contributed by atoms with E-state index in [1.54, 1.807) is 0 Å². The van der Waals surface area contributed by atoms with E-state index in [0.29, 0.717) is 12.1 Å². The van der Waals surface area contributed by atoms with Crippen molar-refractivity contribution >= 4 is 77.9 Å². The van der Waals surface area contributed by atoms with Gasteiger partial charge >= 0.3 is 0 Å². The van der Waals surface area contributed by atoms with Crippen LogP contribution in [0.2, 0.25) is 0 Å². The van der Waals surface area contributed by atoms with Crippen molar-refractivity contribution in [1.82, 2.24) is 0 Å². The predicted molar refractivity (Wildman–Crippen MR) is 111 cm³/mol. The van der Waals surface area contributed by atoms with Gasteiger partial charge in [0, 0.05) is 0 Å². The van der Waals surface area contributed by atoms with Gasteiger partial charge in [0.1, 0.15) is 0 Å². The van der Waals surface area contributed by atoms with E-state index < -0.39 is 0 Å². The van der Waals surface area contributed by atoms with Gasteiger partial charge in [-0.05, 0) is 25.7 Å². The minimum Gasteiger partial charge on any atom is -0.222 e. The molecule has 0 spiro atoms. The summed E-state index contributed by atoms with van der Waals surface area (Å²) in [6.07, 6.45) is 13.2. The normalized spacial score (nSPS) is 17.5. The number of hydrogen-bond donors (Lipinski definition) is 0. The molecule has 0 heterocycles. The maximum atomic E-state index is 4.46. The Kier molecular flexibility index (Phi) is 34.2. The molecule has 8 heteroatoms. The maximum Gasteiger partial charge on any atom is 0.0898 e. The van der Waals surface area contributed by atoms with Crippen molar-refractivity contribution in [3.05, 3.63) is 0 Å². The molecule has 0 aromatic carbocycles. The molecule has 0 aliphatic heterocycles. The van der Waals surface area contributed by atoms with E-state index in [1.165, 1.54) is 64.2 Å². The molecule has 0 aromatic rings. The second-order valence-corrected chi connectivity index (χ2v) is 4.94. The topological polar surface area (TPSA) is 24.7 Å². The van der Waals surface area contributed by atoms with Gasteiger partial charge in [-0.25, -0.2) is 9.98 Å². The summed E-state index contributed by atoms with van der Waals surface area (Å²) in [7, 11) is 0. The minimum absolute atomic E-state index is 0. The highest BCUT2D eigenvalue weighted by Crippen LogP contribution is 2.21. The molecule has 2 fully saturated rings. The minimum atomic E-state index is 0. The first-order valence-electron chi connectivity index (χ1n) is 6.60. The third-order valence-electron chi connectivity index (χ3n) is 3.63. The summed E-state index contributed by atoms with van der Waals surface area (Å²) in [4.78, 5) is 8.92.